The molecule has 2 nitrogen and oxygen atoms in total. The van der Waals surface area contributed by atoms with Crippen LogP contribution in [0.1, 0.15) is 34.3 Å². The van der Waals surface area contributed by atoms with Crippen molar-refractivity contribution in [3.8, 4) is 22.3 Å². The molecule has 6 aromatic carbocycles. The van der Waals surface area contributed by atoms with Gasteiger partial charge in [0.05, 0.1) is 0 Å². The number of aromatic nitrogens is 2. The Morgan fingerprint density at radius 1 is 0.422 bits per heavy atom. The lowest BCUT2D eigenvalue weighted by Gasteiger charge is -2.17. The monoisotopic (exact) mass is 621 g/mol. The highest BCUT2D eigenvalue weighted by Gasteiger charge is 2.26. The zero-order chi connectivity index (χ0) is 30.6. The molecule has 7 rings (SSSR count). The van der Waals surface area contributed by atoms with Gasteiger partial charge in [-0.3, -0.25) is 0 Å². The number of hydrogen-bond acceptors (Lipinski definition) is 0. The van der Waals surface area contributed by atoms with Gasteiger partial charge in [0.2, 0.25) is 6.33 Å². The first kappa shape index (κ1) is 28.9. The minimum absolute atomic E-state index is 0.00965. The molecule has 0 aliphatic carbocycles. The molecule has 0 aliphatic heterocycles. The summed E-state index contributed by atoms with van der Waals surface area (Å²) in [6, 6.07) is 55.1. The predicted octanol–water partition coefficient (Wildman–Crippen LogP) is 10.7. The third-order valence-corrected chi connectivity index (χ3v) is 8.82. The minimum Gasteiger partial charge on any atom is -0.226 e. The van der Waals surface area contributed by atoms with Gasteiger partial charge >= 0.3 is 0 Å². The van der Waals surface area contributed by atoms with Crippen LogP contribution in [0.4, 0.5) is 0 Å². The molecular formula is C41H31Cl2N2+. The van der Waals surface area contributed by atoms with Gasteiger partial charge in [-0.25, -0.2) is 9.13 Å². The molecule has 0 fully saturated rings. The van der Waals surface area contributed by atoms with Crippen LogP contribution in [0.25, 0.3) is 22.3 Å². The average molecular weight is 623 g/mol. The zero-order valence-electron chi connectivity index (χ0n) is 24.5. The molecule has 7 aromatic rings. The maximum absolute atomic E-state index is 6.13. The van der Waals surface area contributed by atoms with Gasteiger partial charge in [0.15, 0.2) is 12.1 Å². The maximum Gasteiger partial charge on any atom is 0.245 e. The molecule has 0 amide bonds. The van der Waals surface area contributed by atoms with E-state index in [1.54, 1.807) is 0 Å². The molecular weight excluding hydrogens is 591 g/mol. The van der Waals surface area contributed by atoms with Crippen molar-refractivity contribution in [2.24, 2.45) is 0 Å². The van der Waals surface area contributed by atoms with Crippen molar-refractivity contribution in [3.63, 3.8) is 0 Å². The first-order valence-electron chi connectivity index (χ1n) is 15.0. The molecule has 45 heavy (non-hydrogen) atoms. The normalized spacial score (nSPS) is 12.5. The fourth-order valence-corrected chi connectivity index (χ4v) is 6.29. The van der Waals surface area contributed by atoms with E-state index in [2.05, 4.69) is 161 Å². The second kappa shape index (κ2) is 13.0. The van der Waals surface area contributed by atoms with Gasteiger partial charge in [-0.2, -0.15) is 0 Å². The highest BCUT2D eigenvalue weighted by molar-refractivity contribution is 6.30. The van der Waals surface area contributed by atoms with Crippen LogP contribution in [0.5, 0.6) is 0 Å². The third-order valence-electron chi connectivity index (χ3n) is 8.31. The second-order valence-corrected chi connectivity index (χ2v) is 12.1. The number of halogens is 2. The number of imidazole rings is 1. The summed E-state index contributed by atoms with van der Waals surface area (Å²) in [5.41, 5.74) is 9.50. The Kier molecular flexibility index (Phi) is 8.33. The van der Waals surface area contributed by atoms with Crippen molar-refractivity contribution in [2.75, 3.05) is 0 Å². The topological polar surface area (TPSA) is 8.81 Å². The summed E-state index contributed by atoms with van der Waals surface area (Å²) < 4.78 is 4.62. The largest absolute Gasteiger partial charge is 0.245 e. The van der Waals surface area contributed by atoms with Gasteiger partial charge in [-0.15, -0.1) is 0 Å². The first-order valence-corrected chi connectivity index (χ1v) is 15.8. The molecule has 0 saturated heterocycles. The van der Waals surface area contributed by atoms with Crippen LogP contribution in [0.2, 0.25) is 10.0 Å². The summed E-state index contributed by atoms with van der Waals surface area (Å²) in [4.78, 5) is 0. The Morgan fingerprint density at radius 3 is 1.29 bits per heavy atom. The maximum atomic E-state index is 6.13. The van der Waals surface area contributed by atoms with Crippen molar-refractivity contribution in [3.05, 3.63) is 209 Å². The van der Waals surface area contributed by atoms with Crippen LogP contribution < -0.4 is 4.57 Å². The Labute approximate surface area is 274 Å². The van der Waals surface area contributed by atoms with Crippen LogP contribution >= 0.6 is 23.2 Å². The van der Waals surface area contributed by atoms with E-state index < -0.39 is 0 Å². The standard InChI is InChI=1S/C41H31Cl2N2/c42-38-23-19-32(20-24-38)30-11-15-36(16-12-30)40(34-7-3-1-4-8-34)44-27-28-45(29-44)41(35-9-5-2-6-10-35)37-17-13-31(14-18-37)33-21-25-39(43)26-22-33/h1-29,40-41H/q+1. The number of hydrogen-bond donors (Lipinski definition) is 0. The van der Waals surface area contributed by atoms with E-state index in [9.17, 15) is 0 Å². The molecule has 0 radical (unpaired) electrons. The van der Waals surface area contributed by atoms with E-state index in [1.165, 1.54) is 22.3 Å². The van der Waals surface area contributed by atoms with E-state index in [1.807, 2.05) is 24.3 Å². The number of benzene rings is 6. The van der Waals surface area contributed by atoms with E-state index in [-0.39, 0.29) is 12.1 Å². The van der Waals surface area contributed by atoms with Crippen LogP contribution in [0, 0.1) is 0 Å². The lowest BCUT2D eigenvalue weighted by molar-refractivity contribution is -0.704. The summed E-state index contributed by atoms with van der Waals surface area (Å²) in [5.74, 6) is 0. The summed E-state index contributed by atoms with van der Waals surface area (Å²) in [7, 11) is 0. The fraction of sp³-hybridized carbons (Fsp3) is 0.0488. The van der Waals surface area contributed by atoms with Crippen molar-refractivity contribution < 1.29 is 4.57 Å². The van der Waals surface area contributed by atoms with Crippen LogP contribution in [0.3, 0.4) is 0 Å². The molecule has 1 aromatic heterocycles. The highest BCUT2D eigenvalue weighted by atomic mass is 35.5. The van der Waals surface area contributed by atoms with Crippen LogP contribution in [0.15, 0.2) is 176 Å². The SMILES string of the molecule is Clc1ccc(-c2ccc(C(c3ccccc3)n3cc[n+](C(c4ccccc4)c4ccc(-c5ccc(Cl)cc5)cc4)c3)cc2)cc1. The zero-order valence-corrected chi connectivity index (χ0v) is 26.1. The molecule has 0 bridgehead atoms. The summed E-state index contributed by atoms with van der Waals surface area (Å²) in [6.07, 6.45) is 6.60. The van der Waals surface area contributed by atoms with Crippen LogP contribution in [-0.2, 0) is 0 Å². The molecule has 1 heterocycles. The third kappa shape index (κ3) is 6.35. The molecule has 0 N–H and O–H groups in total. The van der Waals surface area contributed by atoms with Crippen LogP contribution in [-0.4, -0.2) is 4.57 Å². The van der Waals surface area contributed by atoms with Crippen molar-refractivity contribution in [2.45, 2.75) is 12.1 Å². The molecule has 2 atom stereocenters. The van der Waals surface area contributed by atoms with Gasteiger partial charge in [-0.05, 0) is 46.5 Å². The molecule has 0 aliphatic rings. The van der Waals surface area contributed by atoms with Crippen molar-refractivity contribution >= 4 is 23.2 Å². The average Bonchev–Trinajstić information content (AvgIpc) is 3.56. The van der Waals surface area contributed by atoms with E-state index in [0.29, 0.717) is 0 Å². The lowest BCUT2D eigenvalue weighted by Crippen LogP contribution is -2.39. The summed E-state index contributed by atoms with van der Waals surface area (Å²) in [5, 5.41) is 1.48. The summed E-state index contributed by atoms with van der Waals surface area (Å²) >= 11 is 12.3. The Balaban J connectivity index is 1.26. The Bertz CT molecular complexity index is 1830. The number of nitrogens with zero attached hydrogens (tertiary/aromatic N) is 2. The van der Waals surface area contributed by atoms with Crippen molar-refractivity contribution in [1.29, 1.82) is 0 Å². The second-order valence-electron chi connectivity index (χ2n) is 11.2. The van der Waals surface area contributed by atoms with Crippen molar-refractivity contribution in [1.82, 2.24) is 4.57 Å². The fourth-order valence-electron chi connectivity index (χ4n) is 6.03. The van der Waals surface area contributed by atoms with Gasteiger partial charge in [0, 0.05) is 32.3 Å². The van der Waals surface area contributed by atoms with Gasteiger partial charge in [0.25, 0.3) is 0 Å². The smallest absolute Gasteiger partial charge is 0.226 e. The number of rotatable bonds is 8. The Morgan fingerprint density at radius 2 is 0.800 bits per heavy atom. The predicted molar refractivity (Wildman–Crippen MR) is 186 cm³/mol. The van der Waals surface area contributed by atoms with Gasteiger partial charge in [0.1, 0.15) is 12.4 Å². The first-order chi connectivity index (χ1) is 22.1. The Hall–Kier alpha value is -4.89. The van der Waals surface area contributed by atoms with E-state index in [4.69, 9.17) is 23.2 Å². The minimum atomic E-state index is 0.00965. The molecule has 0 saturated carbocycles. The highest BCUT2D eigenvalue weighted by Crippen LogP contribution is 2.31. The summed E-state index contributed by atoms with van der Waals surface area (Å²) in [6.45, 7) is 0. The van der Waals surface area contributed by atoms with E-state index in [0.717, 1.165) is 32.3 Å². The molecule has 0 spiro atoms. The molecule has 218 valence electrons. The van der Waals surface area contributed by atoms with Gasteiger partial charge in [-0.1, -0.05) is 157 Å². The van der Waals surface area contributed by atoms with Gasteiger partial charge < -0.3 is 0 Å². The molecule has 4 heteroatoms. The van der Waals surface area contributed by atoms with E-state index >= 15 is 0 Å². The lowest BCUT2D eigenvalue weighted by atomic mass is 9.96. The quantitative estimate of drug-likeness (QED) is 0.149. The molecule has 2 unspecified atom stereocenters.